The van der Waals surface area contributed by atoms with Crippen molar-refractivity contribution in [2.75, 3.05) is 18.4 Å². The van der Waals surface area contributed by atoms with Crippen molar-refractivity contribution in [2.24, 2.45) is 5.14 Å². The number of anilines is 1. The number of hydrogen-bond acceptors (Lipinski definition) is 6. The summed E-state index contributed by atoms with van der Waals surface area (Å²) < 4.78 is 23.8. The lowest BCUT2D eigenvalue weighted by Gasteiger charge is -2.34. The number of primary sulfonamides is 1. The highest BCUT2D eigenvalue weighted by Gasteiger charge is 2.24. The number of nitro benzene ring substituents is 1. The molecule has 2 aromatic carbocycles. The summed E-state index contributed by atoms with van der Waals surface area (Å²) in [6, 6.07) is 13.9. The van der Waals surface area contributed by atoms with Gasteiger partial charge in [0.2, 0.25) is 10.0 Å². The van der Waals surface area contributed by atoms with Crippen molar-refractivity contribution < 1.29 is 13.3 Å². The van der Waals surface area contributed by atoms with Crippen molar-refractivity contribution in [2.45, 2.75) is 30.3 Å². The van der Waals surface area contributed by atoms with E-state index in [1.807, 2.05) is 18.2 Å². The zero-order valence-electron chi connectivity index (χ0n) is 14.7. The molecule has 0 amide bonds. The first-order chi connectivity index (χ1) is 12.8. The van der Waals surface area contributed by atoms with Gasteiger partial charge in [0.1, 0.15) is 4.90 Å². The van der Waals surface area contributed by atoms with Crippen molar-refractivity contribution >= 4 is 21.4 Å². The maximum Gasteiger partial charge on any atom is 0.270 e. The summed E-state index contributed by atoms with van der Waals surface area (Å²) in [5.74, 6) is 0. The van der Waals surface area contributed by atoms with Crippen molar-refractivity contribution in [1.82, 2.24) is 4.90 Å². The number of hydrogen-bond donors (Lipinski definition) is 2. The fourth-order valence-corrected chi connectivity index (χ4v) is 4.08. The maximum absolute atomic E-state index is 11.9. The highest BCUT2D eigenvalue weighted by molar-refractivity contribution is 7.89. The Morgan fingerprint density at radius 3 is 2.63 bits per heavy atom. The minimum atomic E-state index is -4.08. The van der Waals surface area contributed by atoms with Crippen LogP contribution in [0.25, 0.3) is 0 Å². The van der Waals surface area contributed by atoms with E-state index in [1.54, 1.807) is 0 Å². The van der Waals surface area contributed by atoms with Gasteiger partial charge in [-0.15, -0.1) is 0 Å². The van der Waals surface area contributed by atoms with E-state index in [1.165, 1.54) is 17.7 Å². The number of piperidine rings is 1. The van der Waals surface area contributed by atoms with Crippen LogP contribution in [-0.4, -0.2) is 37.4 Å². The summed E-state index contributed by atoms with van der Waals surface area (Å²) in [7, 11) is -4.08. The Kier molecular flexibility index (Phi) is 5.73. The standard InChI is InChI=1S/C18H22N4O4S/c19-27(25,26)18-11-16(22(23)24)8-9-17(18)20-15-7-4-10-21(13-15)12-14-5-2-1-3-6-14/h1-3,5-6,8-9,11,15,20H,4,7,10,12-13H2,(H2,19,25,26). The summed E-state index contributed by atoms with van der Waals surface area (Å²) in [5, 5.41) is 19.4. The molecule has 8 nitrogen and oxygen atoms in total. The van der Waals surface area contributed by atoms with E-state index in [0.29, 0.717) is 5.69 Å². The van der Waals surface area contributed by atoms with Crippen LogP contribution in [0.3, 0.4) is 0 Å². The first-order valence-corrected chi connectivity index (χ1v) is 10.2. The number of sulfonamides is 1. The van der Waals surface area contributed by atoms with Crippen LogP contribution in [0.4, 0.5) is 11.4 Å². The maximum atomic E-state index is 11.9. The summed E-state index contributed by atoms with van der Waals surface area (Å²) >= 11 is 0. The summed E-state index contributed by atoms with van der Waals surface area (Å²) in [6.07, 6.45) is 1.86. The number of nitrogens with two attached hydrogens (primary N) is 1. The van der Waals surface area contributed by atoms with E-state index < -0.39 is 14.9 Å². The van der Waals surface area contributed by atoms with Crippen LogP contribution in [0.1, 0.15) is 18.4 Å². The number of nitro groups is 1. The van der Waals surface area contributed by atoms with Crippen molar-refractivity contribution in [3.8, 4) is 0 Å². The second kappa shape index (κ2) is 8.03. The van der Waals surface area contributed by atoms with Crippen LogP contribution in [0.2, 0.25) is 0 Å². The van der Waals surface area contributed by atoms with Crippen molar-refractivity contribution in [3.63, 3.8) is 0 Å². The molecule has 2 aromatic rings. The Labute approximate surface area is 158 Å². The second-order valence-corrected chi connectivity index (χ2v) is 8.22. The lowest BCUT2D eigenvalue weighted by molar-refractivity contribution is -0.385. The van der Waals surface area contributed by atoms with E-state index in [2.05, 4.69) is 22.3 Å². The molecule has 1 aliphatic heterocycles. The molecule has 0 aliphatic carbocycles. The van der Waals surface area contributed by atoms with Gasteiger partial charge in [0, 0.05) is 31.3 Å². The summed E-state index contributed by atoms with van der Waals surface area (Å²) in [6.45, 7) is 2.53. The van der Waals surface area contributed by atoms with Crippen LogP contribution >= 0.6 is 0 Å². The molecule has 3 rings (SSSR count). The fourth-order valence-electron chi connectivity index (χ4n) is 3.36. The molecule has 1 saturated heterocycles. The van der Waals surface area contributed by atoms with Gasteiger partial charge in [-0.2, -0.15) is 0 Å². The van der Waals surface area contributed by atoms with Gasteiger partial charge < -0.3 is 5.32 Å². The molecule has 0 saturated carbocycles. The third-order valence-electron chi connectivity index (χ3n) is 4.60. The average Bonchev–Trinajstić information content (AvgIpc) is 2.62. The van der Waals surface area contributed by atoms with Crippen molar-refractivity contribution in [3.05, 3.63) is 64.2 Å². The third-order valence-corrected chi connectivity index (χ3v) is 5.55. The zero-order valence-corrected chi connectivity index (χ0v) is 15.6. The summed E-state index contributed by atoms with van der Waals surface area (Å²) in [4.78, 5) is 12.4. The minimum Gasteiger partial charge on any atom is -0.380 e. The van der Waals surface area contributed by atoms with Gasteiger partial charge in [-0.25, -0.2) is 13.6 Å². The molecule has 0 radical (unpaired) electrons. The molecular weight excluding hydrogens is 368 g/mol. The third kappa shape index (κ3) is 5.03. The number of non-ortho nitro benzene ring substituents is 1. The van der Waals surface area contributed by atoms with Gasteiger partial charge in [0.15, 0.2) is 0 Å². The molecule has 27 heavy (non-hydrogen) atoms. The Morgan fingerprint density at radius 2 is 1.96 bits per heavy atom. The largest absolute Gasteiger partial charge is 0.380 e. The SMILES string of the molecule is NS(=O)(=O)c1cc([N+](=O)[O-])ccc1NC1CCCN(Cc2ccccc2)C1. The summed E-state index contributed by atoms with van der Waals surface area (Å²) in [5.41, 5.74) is 1.22. The molecule has 0 bridgehead atoms. The number of rotatable bonds is 6. The van der Waals surface area contributed by atoms with E-state index in [4.69, 9.17) is 5.14 Å². The van der Waals surface area contributed by atoms with E-state index in [-0.39, 0.29) is 16.6 Å². The Bertz CT molecular complexity index is 918. The molecule has 0 spiro atoms. The molecule has 3 N–H and O–H groups in total. The van der Waals surface area contributed by atoms with Gasteiger partial charge in [-0.05, 0) is 31.0 Å². The molecule has 1 unspecified atom stereocenters. The predicted molar refractivity (Wildman–Crippen MR) is 103 cm³/mol. The minimum absolute atomic E-state index is 0.0319. The molecule has 1 fully saturated rings. The van der Waals surface area contributed by atoms with E-state index in [9.17, 15) is 18.5 Å². The number of nitrogens with zero attached hydrogens (tertiary/aromatic N) is 2. The molecule has 9 heteroatoms. The van der Waals surface area contributed by atoms with Crippen LogP contribution in [-0.2, 0) is 16.6 Å². The van der Waals surface area contributed by atoms with Crippen LogP contribution in [0.15, 0.2) is 53.4 Å². The topological polar surface area (TPSA) is 119 Å². The van der Waals surface area contributed by atoms with Gasteiger partial charge >= 0.3 is 0 Å². The lowest BCUT2D eigenvalue weighted by atomic mass is 10.0. The Hall–Kier alpha value is -2.49. The quantitative estimate of drug-likeness (QED) is 0.577. The van der Waals surface area contributed by atoms with Gasteiger partial charge in [-0.1, -0.05) is 30.3 Å². The second-order valence-electron chi connectivity index (χ2n) is 6.69. The first-order valence-electron chi connectivity index (χ1n) is 8.67. The molecule has 1 heterocycles. The van der Waals surface area contributed by atoms with Gasteiger partial charge in [0.25, 0.3) is 5.69 Å². The highest BCUT2D eigenvalue weighted by Crippen LogP contribution is 2.27. The molecule has 0 aromatic heterocycles. The molecule has 144 valence electrons. The monoisotopic (exact) mass is 390 g/mol. The normalized spacial score (nSPS) is 18.2. The van der Waals surface area contributed by atoms with E-state index in [0.717, 1.165) is 38.5 Å². The average molecular weight is 390 g/mol. The number of benzene rings is 2. The Morgan fingerprint density at radius 1 is 1.22 bits per heavy atom. The number of nitrogens with one attached hydrogen (secondary N) is 1. The van der Waals surface area contributed by atoms with Crippen molar-refractivity contribution in [1.29, 1.82) is 0 Å². The van der Waals surface area contributed by atoms with E-state index >= 15 is 0 Å². The molecule has 1 aliphatic rings. The fraction of sp³-hybridized carbons (Fsp3) is 0.333. The smallest absolute Gasteiger partial charge is 0.270 e. The van der Waals surface area contributed by atoms with Crippen LogP contribution in [0.5, 0.6) is 0 Å². The van der Waals surface area contributed by atoms with Crippen LogP contribution < -0.4 is 10.5 Å². The van der Waals surface area contributed by atoms with Gasteiger partial charge in [0.05, 0.1) is 10.6 Å². The zero-order chi connectivity index (χ0) is 19.4. The number of likely N-dealkylation sites (tertiary alicyclic amines) is 1. The highest BCUT2D eigenvalue weighted by atomic mass is 32.2. The first kappa shape index (κ1) is 19.3. The van der Waals surface area contributed by atoms with Crippen LogP contribution in [0, 0.1) is 10.1 Å². The lowest BCUT2D eigenvalue weighted by Crippen LogP contribution is -2.41. The molecular formula is C18H22N4O4S. The predicted octanol–water partition coefficient (Wildman–Crippen LogP) is 2.32. The van der Waals surface area contributed by atoms with Gasteiger partial charge in [-0.3, -0.25) is 15.0 Å². The Balaban J connectivity index is 1.75. The molecule has 1 atom stereocenters.